The van der Waals surface area contributed by atoms with Gasteiger partial charge in [-0.15, -0.1) is 0 Å². The Morgan fingerprint density at radius 2 is 1.96 bits per heavy atom. The first-order valence-electron chi connectivity index (χ1n) is 8.19. The first-order chi connectivity index (χ1) is 12.4. The second-order valence-electron chi connectivity index (χ2n) is 5.90. The number of benzene rings is 1. The van der Waals surface area contributed by atoms with E-state index in [-0.39, 0.29) is 18.2 Å². The van der Waals surface area contributed by atoms with Gasteiger partial charge in [-0.1, -0.05) is 11.6 Å². The number of hydrogen-bond acceptors (Lipinski definition) is 4. The zero-order valence-electron chi connectivity index (χ0n) is 15.1. The van der Waals surface area contributed by atoms with Crippen LogP contribution in [0.4, 0.5) is 5.69 Å². The molecule has 0 aliphatic rings. The number of aryl methyl sites for hydroxylation is 1. The molecule has 0 spiro atoms. The number of nitrogens with zero attached hydrogens (tertiary/aromatic N) is 2. The first-order valence-corrected chi connectivity index (χ1v) is 8.57. The van der Waals surface area contributed by atoms with Crippen molar-refractivity contribution in [2.24, 2.45) is 0 Å². The van der Waals surface area contributed by atoms with Crippen molar-refractivity contribution < 1.29 is 14.3 Å². The molecule has 6 nitrogen and oxygen atoms in total. The fourth-order valence-corrected chi connectivity index (χ4v) is 2.59. The minimum Gasteiger partial charge on any atom is -0.495 e. The number of pyridine rings is 1. The highest BCUT2D eigenvalue weighted by Gasteiger charge is 2.14. The summed E-state index contributed by atoms with van der Waals surface area (Å²) in [6.07, 6.45) is 3.53. The maximum absolute atomic E-state index is 12.3. The molecule has 7 heteroatoms. The van der Waals surface area contributed by atoms with Crippen LogP contribution in [0.15, 0.2) is 36.7 Å². The lowest BCUT2D eigenvalue weighted by molar-refractivity contribution is -0.129. The molecule has 0 radical (unpaired) electrons. The Labute approximate surface area is 158 Å². The van der Waals surface area contributed by atoms with Crippen molar-refractivity contribution in [2.75, 3.05) is 19.0 Å². The fourth-order valence-electron chi connectivity index (χ4n) is 2.44. The normalized spacial score (nSPS) is 10.3. The summed E-state index contributed by atoms with van der Waals surface area (Å²) in [4.78, 5) is 29.7. The number of aromatic nitrogens is 1. The Morgan fingerprint density at radius 1 is 1.27 bits per heavy atom. The summed E-state index contributed by atoms with van der Waals surface area (Å²) in [6.45, 7) is 4.10. The van der Waals surface area contributed by atoms with Gasteiger partial charge in [-0.3, -0.25) is 14.6 Å². The molecule has 1 aromatic carbocycles. The Hall–Kier alpha value is -2.60. The summed E-state index contributed by atoms with van der Waals surface area (Å²) in [6, 6.07) is 7.12. The Kier molecular flexibility index (Phi) is 6.97. The number of anilines is 1. The molecule has 0 saturated heterocycles. The Balaban J connectivity index is 1.98. The van der Waals surface area contributed by atoms with Gasteiger partial charge in [0.2, 0.25) is 11.8 Å². The number of hydrogen-bond donors (Lipinski definition) is 1. The van der Waals surface area contributed by atoms with Crippen LogP contribution in [0.25, 0.3) is 0 Å². The average molecular weight is 376 g/mol. The number of rotatable bonds is 7. The Morgan fingerprint density at radius 3 is 2.58 bits per heavy atom. The molecule has 0 aliphatic carbocycles. The van der Waals surface area contributed by atoms with E-state index in [1.165, 1.54) is 14.0 Å². The number of carbonyl (C=O) groups excluding carboxylic acids is 2. The van der Waals surface area contributed by atoms with E-state index in [1.54, 1.807) is 29.4 Å². The van der Waals surface area contributed by atoms with Crippen molar-refractivity contribution in [1.29, 1.82) is 0 Å². The van der Waals surface area contributed by atoms with Gasteiger partial charge < -0.3 is 15.0 Å². The maximum atomic E-state index is 12.3. The van der Waals surface area contributed by atoms with Crippen LogP contribution < -0.4 is 10.1 Å². The van der Waals surface area contributed by atoms with Crippen LogP contribution in [0.3, 0.4) is 0 Å². The van der Waals surface area contributed by atoms with Crippen molar-refractivity contribution in [3.05, 3.63) is 52.8 Å². The van der Waals surface area contributed by atoms with Gasteiger partial charge >= 0.3 is 0 Å². The van der Waals surface area contributed by atoms with Gasteiger partial charge in [-0.25, -0.2) is 0 Å². The number of nitrogens with one attached hydrogen (secondary N) is 1. The summed E-state index contributed by atoms with van der Waals surface area (Å²) in [5.74, 6) is 0.203. The molecule has 0 bridgehead atoms. The minimum absolute atomic E-state index is 0.0884. The molecule has 0 unspecified atom stereocenters. The largest absolute Gasteiger partial charge is 0.495 e. The molecular weight excluding hydrogens is 354 g/mol. The molecule has 26 heavy (non-hydrogen) atoms. The van der Waals surface area contributed by atoms with Crippen LogP contribution in [-0.2, 0) is 16.1 Å². The zero-order valence-corrected chi connectivity index (χ0v) is 15.8. The lowest BCUT2D eigenvalue weighted by Gasteiger charge is -2.21. The minimum atomic E-state index is -0.203. The van der Waals surface area contributed by atoms with E-state index in [0.29, 0.717) is 29.5 Å². The number of halogens is 1. The van der Waals surface area contributed by atoms with E-state index in [2.05, 4.69) is 10.3 Å². The van der Waals surface area contributed by atoms with Gasteiger partial charge in [0.1, 0.15) is 5.75 Å². The highest BCUT2D eigenvalue weighted by Crippen LogP contribution is 2.31. The van der Waals surface area contributed by atoms with Gasteiger partial charge in [0.15, 0.2) is 0 Å². The first kappa shape index (κ1) is 19.7. The highest BCUT2D eigenvalue weighted by atomic mass is 35.5. The van der Waals surface area contributed by atoms with E-state index >= 15 is 0 Å². The third kappa shape index (κ3) is 5.46. The topological polar surface area (TPSA) is 71.5 Å². The molecule has 1 aromatic heterocycles. The van der Waals surface area contributed by atoms with E-state index in [1.807, 2.05) is 19.1 Å². The summed E-state index contributed by atoms with van der Waals surface area (Å²) < 4.78 is 5.26. The van der Waals surface area contributed by atoms with Crippen LogP contribution >= 0.6 is 11.6 Å². The third-order valence-corrected chi connectivity index (χ3v) is 4.34. The van der Waals surface area contributed by atoms with E-state index in [0.717, 1.165) is 11.1 Å². The summed E-state index contributed by atoms with van der Waals surface area (Å²) in [5.41, 5.74) is 2.36. The van der Waals surface area contributed by atoms with Crippen molar-refractivity contribution >= 4 is 29.1 Å². The van der Waals surface area contributed by atoms with Gasteiger partial charge in [0.25, 0.3) is 0 Å². The quantitative estimate of drug-likeness (QED) is 0.804. The summed E-state index contributed by atoms with van der Waals surface area (Å²) >= 11 is 6.07. The van der Waals surface area contributed by atoms with Gasteiger partial charge in [0.05, 0.1) is 12.8 Å². The van der Waals surface area contributed by atoms with Crippen LogP contribution in [0.5, 0.6) is 5.75 Å². The molecule has 2 rings (SSSR count). The smallest absolute Gasteiger partial charge is 0.226 e. The van der Waals surface area contributed by atoms with Crippen molar-refractivity contribution in [3.63, 3.8) is 0 Å². The molecule has 2 amide bonds. The SMILES string of the molecule is COc1cc(Cl)c(C)cc1NC(=O)CCN(Cc1ccncc1)C(C)=O. The van der Waals surface area contributed by atoms with Crippen LogP contribution in [0, 0.1) is 6.92 Å². The van der Waals surface area contributed by atoms with Gasteiger partial charge in [-0.05, 0) is 36.2 Å². The average Bonchev–Trinajstić information content (AvgIpc) is 2.62. The van der Waals surface area contributed by atoms with E-state index < -0.39 is 0 Å². The molecule has 1 heterocycles. The van der Waals surface area contributed by atoms with E-state index in [4.69, 9.17) is 16.3 Å². The van der Waals surface area contributed by atoms with E-state index in [9.17, 15) is 9.59 Å². The van der Waals surface area contributed by atoms with Gasteiger partial charge in [0, 0.05) is 49.9 Å². The number of carbonyl (C=O) groups is 2. The second-order valence-corrected chi connectivity index (χ2v) is 6.30. The molecule has 0 atom stereocenters. The van der Waals surface area contributed by atoms with Crippen LogP contribution in [-0.4, -0.2) is 35.4 Å². The highest BCUT2D eigenvalue weighted by molar-refractivity contribution is 6.31. The maximum Gasteiger partial charge on any atom is 0.226 e. The predicted molar refractivity (Wildman–Crippen MR) is 101 cm³/mol. The molecule has 1 N–H and O–H groups in total. The molecular formula is C19H22ClN3O3. The summed E-state index contributed by atoms with van der Waals surface area (Å²) in [7, 11) is 1.52. The lowest BCUT2D eigenvalue weighted by Crippen LogP contribution is -2.31. The predicted octanol–water partition coefficient (Wildman–Crippen LogP) is 3.43. The molecule has 0 saturated carbocycles. The fraction of sp³-hybridized carbons (Fsp3) is 0.316. The van der Waals surface area contributed by atoms with Crippen LogP contribution in [0.1, 0.15) is 24.5 Å². The number of methoxy groups -OCH3 is 1. The number of ether oxygens (including phenoxy) is 1. The zero-order chi connectivity index (χ0) is 19.1. The van der Waals surface area contributed by atoms with Crippen molar-refractivity contribution in [2.45, 2.75) is 26.8 Å². The van der Waals surface area contributed by atoms with Crippen molar-refractivity contribution in [1.82, 2.24) is 9.88 Å². The molecule has 0 fully saturated rings. The van der Waals surface area contributed by atoms with Crippen LogP contribution in [0.2, 0.25) is 5.02 Å². The molecule has 138 valence electrons. The second kappa shape index (κ2) is 9.20. The monoisotopic (exact) mass is 375 g/mol. The summed E-state index contributed by atoms with van der Waals surface area (Å²) in [5, 5.41) is 3.39. The van der Waals surface area contributed by atoms with Crippen molar-refractivity contribution in [3.8, 4) is 5.75 Å². The standard InChI is InChI=1S/C19H22ClN3O3/c1-13-10-17(18(26-3)11-16(13)20)22-19(25)6-9-23(14(2)24)12-15-4-7-21-8-5-15/h4-5,7-8,10-11H,6,9,12H2,1-3H3,(H,22,25). The van der Waals surface area contributed by atoms with Gasteiger partial charge in [-0.2, -0.15) is 0 Å². The Bertz CT molecular complexity index is 781. The number of amides is 2. The molecule has 2 aromatic rings. The lowest BCUT2D eigenvalue weighted by atomic mass is 10.2. The third-order valence-electron chi connectivity index (χ3n) is 3.93. The molecule has 0 aliphatic heterocycles.